The van der Waals surface area contributed by atoms with Crippen LogP contribution in [-0.4, -0.2) is 26.8 Å². The molecule has 2 heterocycles. The van der Waals surface area contributed by atoms with Crippen molar-refractivity contribution < 1.29 is 4.84 Å². The maximum atomic E-state index is 11.2. The van der Waals surface area contributed by atoms with Crippen LogP contribution < -0.4 is 10.4 Å². The second-order valence-electron chi connectivity index (χ2n) is 2.16. The summed E-state index contributed by atoms with van der Waals surface area (Å²) in [6.07, 6.45) is 2.70. The van der Waals surface area contributed by atoms with E-state index in [0.29, 0.717) is 11.2 Å². The number of hydrogen-bond donors (Lipinski definition) is 1. The third-order valence-electron chi connectivity index (χ3n) is 1.51. The zero-order valence-electron chi connectivity index (χ0n) is 6.31. The maximum Gasteiger partial charge on any atom is 0.280 e. The summed E-state index contributed by atoms with van der Waals surface area (Å²) in [7, 11) is 1.45. The number of fused-ring (bicyclic) bond motifs is 1. The number of hydrogen-bond acceptors (Lipinski definition) is 4. The number of nitrogens with one attached hydrogen (secondary N) is 1. The highest BCUT2D eigenvalue weighted by Crippen LogP contribution is 1.99. The van der Waals surface area contributed by atoms with Gasteiger partial charge in [-0.25, -0.2) is 9.97 Å². The standard InChI is InChI=1S/C6H6N4O2/c1-12-10-3-9-5-4(10)6(11)8-2-7-5/h2-3H,1H3,(H,7,8,11). The molecular weight excluding hydrogens is 160 g/mol. The Bertz CT molecular complexity index is 458. The summed E-state index contributed by atoms with van der Waals surface area (Å²) in [4.78, 5) is 26.2. The molecule has 0 fully saturated rings. The summed E-state index contributed by atoms with van der Waals surface area (Å²) >= 11 is 0. The van der Waals surface area contributed by atoms with Gasteiger partial charge in [0, 0.05) is 0 Å². The monoisotopic (exact) mass is 166 g/mol. The lowest BCUT2D eigenvalue weighted by Gasteiger charge is -1.97. The van der Waals surface area contributed by atoms with Gasteiger partial charge in [0.2, 0.25) is 0 Å². The first-order valence-electron chi connectivity index (χ1n) is 3.28. The molecule has 0 unspecified atom stereocenters. The highest BCUT2D eigenvalue weighted by atomic mass is 16.6. The Balaban J connectivity index is 2.92. The van der Waals surface area contributed by atoms with Crippen molar-refractivity contribution in [3.05, 3.63) is 23.0 Å². The van der Waals surface area contributed by atoms with Crippen LogP contribution in [0.4, 0.5) is 0 Å². The highest BCUT2D eigenvalue weighted by Gasteiger charge is 2.06. The Morgan fingerprint density at radius 2 is 2.42 bits per heavy atom. The van der Waals surface area contributed by atoms with E-state index in [0.717, 1.165) is 0 Å². The molecule has 6 nitrogen and oxygen atoms in total. The van der Waals surface area contributed by atoms with Crippen LogP contribution in [0.15, 0.2) is 17.4 Å². The molecule has 62 valence electrons. The predicted molar refractivity (Wildman–Crippen MR) is 40.7 cm³/mol. The van der Waals surface area contributed by atoms with Gasteiger partial charge >= 0.3 is 0 Å². The molecule has 0 aliphatic rings. The van der Waals surface area contributed by atoms with Crippen molar-refractivity contribution in [2.75, 3.05) is 7.11 Å². The lowest BCUT2D eigenvalue weighted by Crippen LogP contribution is -2.14. The lowest BCUT2D eigenvalue weighted by atomic mass is 10.5. The molecule has 0 aromatic carbocycles. The van der Waals surface area contributed by atoms with E-state index >= 15 is 0 Å². The molecular formula is C6H6N4O2. The summed E-state index contributed by atoms with van der Waals surface area (Å²) in [5.74, 6) is 0. The molecule has 6 heteroatoms. The normalized spacial score (nSPS) is 10.4. The third-order valence-corrected chi connectivity index (χ3v) is 1.51. The van der Waals surface area contributed by atoms with E-state index in [1.807, 2.05) is 0 Å². The topological polar surface area (TPSA) is 72.8 Å². The maximum absolute atomic E-state index is 11.2. The summed E-state index contributed by atoms with van der Waals surface area (Å²) in [5.41, 5.74) is 0.431. The van der Waals surface area contributed by atoms with Crippen molar-refractivity contribution >= 4 is 11.2 Å². The van der Waals surface area contributed by atoms with E-state index in [1.165, 1.54) is 24.5 Å². The van der Waals surface area contributed by atoms with Crippen molar-refractivity contribution in [3.8, 4) is 0 Å². The molecule has 0 aliphatic carbocycles. The van der Waals surface area contributed by atoms with Crippen molar-refractivity contribution in [1.29, 1.82) is 0 Å². The van der Waals surface area contributed by atoms with Gasteiger partial charge < -0.3 is 9.82 Å². The second-order valence-corrected chi connectivity index (χ2v) is 2.16. The van der Waals surface area contributed by atoms with E-state index in [1.54, 1.807) is 0 Å². The fraction of sp³-hybridized carbons (Fsp3) is 0.167. The first-order chi connectivity index (χ1) is 5.83. The van der Waals surface area contributed by atoms with Crippen LogP contribution in [0.25, 0.3) is 11.2 Å². The zero-order valence-corrected chi connectivity index (χ0v) is 6.31. The molecule has 0 amide bonds. The molecule has 2 aromatic rings. The number of rotatable bonds is 1. The molecule has 0 saturated heterocycles. The van der Waals surface area contributed by atoms with Gasteiger partial charge in [0.15, 0.2) is 11.2 Å². The third kappa shape index (κ3) is 0.777. The fourth-order valence-electron chi connectivity index (χ4n) is 0.979. The van der Waals surface area contributed by atoms with Crippen molar-refractivity contribution in [2.24, 2.45) is 0 Å². The minimum absolute atomic E-state index is 0.264. The molecule has 1 N–H and O–H groups in total. The van der Waals surface area contributed by atoms with Gasteiger partial charge in [0.05, 0.1) is 6.33 Å². The van der Waals surface area contributed by atoms with E-state index in [2.05, 4.69) is 15.0 Å². The second kappa shape index (κ2) is 2.33. The minimum atomic E-state index is -0.264. The number of nitrogens with zero attached hydrogens (tertiary/aromatic N) is 3. The smallest absolute Gasteiger partial charge is 0.280 e. The minimum Gasteiger partial charge on any atom is -0.415 e. The summed E-state index contributed by atoms with van der Waals surface area (Å²) in [5, 5.41) is 0. The van der Waals surface area contributed by atoms with Gasteiger partial charge in [-0.3, -0.25) is 4.79 Å². The van der Waals surface area contributed by atoms with Crippen LogP contribution in [0.2, 0.25) is 0 Å². The van der Waals surface area contributed by atoms with Crippen LogP contribution in [0.3, 0.4) is 0 Å². The van der Waals surface area contributed by atoms with E-state index in [9.17, 15) is 4.79 Å². The quantitative estimate of drug-likeness (QED) is 0.600. The predicted octanol–water partition coefficient (Wildman–Crippen LogP) is -0.822. The van der Waals surface area contributed by atoms with Gasteiger partial charge in [0.1, 0.15) is 13.4 Å². The molecule has 0 spiro atoms. The van der Waals surface area contributed by atoms with Crippen molar-refractivity contribution in [2.45, 2.75) is 0 Å². The Hall–Kier alpha value is -1.85. The molecule has 0 radical (unpaired) electrons. The van der Waals surface area contributed by atoms with E-state index in [4.69, 9.17) is 4.84 Å². The van der Waals surface area contributed by atoms with Gasteiger partial charge in [0.25, 0.3) is 5.56 Å². The molecule has 12 heavy (non-hydrogen) atoms. The molecule has 0 bridgehead atoms. The Labute approximate surface area is 66.8 Å². The first kappa shape index (κ1) is 6.84. The van der Waals surface area contributed by atoms with Crippen LogP contribution in [-0.2, 0) is 0 Å². The van der Waals surface area contributed by atoms with E-state index in [-0.39, 0.29) is 5.56 Å². The van der Waals surface area contributed by atoms with Crippen molar-refractivity contribution in [3.63, 3.8) is 0 Å². The molecule has 0 atom stereocenters. The Kier molecular flexibility index (Phi) is 1.33. The SMILES string of the molecule is COn1cnc2nc[nH]c(=O)c21. The van der Waals surface area contributed by atoms with Crippen LogP contribution >= 0.6 is 0 Å². The fourth-order valence-corrected chi connectivity index (χ4v) is 0.979. The van der Waals surface area contributed by atoms with Crippen molar-refractivity contribution in [1.82, 2.24) is 19.7 Å². The average Bonchev–Trinajstić information content (AvgIpc) is 2.49. The number of imidazole rings is 1. The van der Waals surface area contributed by atoms with Gasteiger partial charge in [-0.2, -0.15) is 4.73 Å². The van der Waals surface area contributed by atoms with Gasteiger partial charge in [-0.05, 0) is 0 Å². The first-order valence-corrected chi connectivity index (χ1v) is 3.28. The Morgan fingerprint density at radius 3 is 3.17 bits per heavy atom. The van der Waals surface area contributed by atoms with Crippen LogP contribution in [0.1, 0.15) is 0 Å². The molecule has 2 rings (SSSR count). The van der Waals surface area contributed by atoms with Crippen LogP contribution in [0.5, 0.6) is 0 Å². The number of aromatic amines is 1. The molecule has 0 aliphatic heterocycles. The lowest BCUT2D eigenvalue weighted by molar-refractivity contribution is 0.177. The van der Waals surface area contributed by atoms with Gasteiger partial charge in [-0.15, -0.1) is 0 Å². The summed E-state index contributed by atoms with van der Waals surface area (Å²) < 4.78 is 1.27. The zero-order chi connectivity index (χ0) is 8.55. The number of H-pyrrole nitrogens is 1. The van der Waals surface area contributed by atoms with Crippen LogP contribution in [0, 0.1) is 0 Å². The summed E-state index contributed by atoms with van der Waals surface area (Å²) in [6.45, 7) is 0. The van der Waals surface area contributed by atoms with E-state index < -0.39 is 0 Å². The largest absolute Gasteiger partial charge is 0.415 e. The highest BCUT2D eigenvalue weighted by molar-refractivity contribution is 5.68. The Morgan fingerprint density at radius 1 is 1.58 bits per heavy atom. The molecule has 2 aromatic heterocycles. The van der Waals surface area contributed by atoms with Gasteiger partial charge in [-0.1, -0.05) is 0 Å². The molecule has 0 saturated carbocycles. The average molecular weight is 166 g/mol. The number of aromatic nitrogens is 4. The summed E-state index contributed by atoms with van der Waals surface area (Å²) in [6, 6.07) is 0.